The summed E-state index contributed by atoms with van der Waals surface area (Å²) in [7, 11) is 0. The Hall–Kier alpha value is -1.03. The van der Waals surface area contributed by atoms with Gasteiger partial charge in [-0.15, -0.1) is 11.8 Å². The van der Waals surface area contributed by atoms with Gasteiger partial charge in [-0.3, -0.25) is 9.78 Å². The summed E-state index contributed by atoms with van der Waals surface area (Å²) >= 11 is 1.68. The van der Waals surface area contributed by atoms with E-state index in [1.807, 2.05) is 13.0 Å². The van der Waals surface area contributed by atoms with Crippen LogP contribution in [0.1, 0.15) is 16.4 Å². The van der Waals surface area contributed by atoms with E-state index >= 15 is 0 Å². The Morgan fingerprint density at radius 1 is 1.71 bits per heavy atom. The van der Waals surface area contributed by atoms with Crippen molar-refractivity contribution < 1.29 is 4.79 Å². The number of carbonyl (C=O) groups is 1. The number of pyridine rings is 1. The molecule has 0 saturated carbocycles. The largest absolute Gasteiger partial charge is 0.354 e. The Morgan fingerprint density at radius 3 is 3.29 bits per heavy atom. The molecule has 1 aromatic rings. The molecule has 0 bridgehead atoms. The van der Waals surface area contributed by atoms with E-state index in [1.54, 1.807) is 18.0 Å². The average molecular weight is 207 g/mol. The highest BCUT2D eigenvalue weighted by Crippen LogP contribution is 2.32. The average Bonchev–Trinajstić information content (AvgIpc) is 2.20. The summed E-state index contributed by atoms with van der Waals surface area (Å²) in [5, 5.41) is 2.78. The van der Waals surface area contributed by atoms with Crippen molar-refractivity contribution in [1.82, 2.24) is 10.3 Å². The number of amides is 1. The van der Waals surface area contributed by atoms with Gasteiger partial charge >= 0.3 is 0 Å². The Labute approximate surface area is 87.3 Å². The number of thioether (sulfide) groups is 1. The molecule has 1 atom stereocenters. The first-order chi connectivity index (χ1) is 6.79. The quantitative estimate of drug-likeness (QED) is 0.749. The number of aromatic nitrogens is 1. The normalized spacial score (nSPS) is 21.8. The van der Waals surface area contributed by atoms with E-state index in [0.29, 0.717) is 0 Å². The van der Waals surface area contributed by atoms with Gasteiger partial charge in [0.1, 0.15) is 5.25 Å². The van der Waals surface area contributed by atoms with Crippen LogP contribution < -0.4 is 5.32 Å². The highest BCUT2D eigenvalue weighted by atomic mass is 32.2. The molecule has 4 heteroatoms. The zero-order valence-corrected chi connectivity index (χ0v) is 8.73. The fourth-order valence-corrected chi connectivity index (χ4v) is 2.60. The first kappa shape index (κ1) is 9.52. The monoisotopic (exact) mass is 207 g/mol. The number of rotatable bonds is 1. The topological polar surface area (TPSA) is 42.0 Å². The standard InChI is InChI=1S/C10H11N2OS/c1-7-6-11-3-2-8(7)9-10(13)12-4-5-14-9/h2-3,9H,4-5H2,1H3,(H,12,13). The molecule has 1 radical (unpaired) electrons. The fourth-order valence-electron chi connectivity index (χ4n) is 1.48. The molecule has 1 aliphatic rings. The van der Waals surface area contributed by atoms with E-state index < -0.39 is 0 Å². The van der Waals surface area contributed by atoms with Gasteiger partial charge in [0, 0.05) is 18.5 Å². The van der Waals surface area contributed by atoms with Gasteiger partial charge in [0.25, 0.3) is 0 Å². The second kappa shape index (κ2) is 4.00. The third kappa shape index (κ3) is 1.75. The van der Waals surface area contributed by atoms with Crippen molar-refractivity contribution in [2.45, 2.75) is 12.2 Å². The highest BCUT2D eigenvalue weighted by molar-refractivity contribution is 8.00. The predicted molar refractivity (Wildman–Crippen MR) is 56.0 cm³/mol. The molecule has 14 heavy (non-hydrogen) atoms. The van der Waals surface area contributed by atoms with Crippen LogP contribution in [0.2, 0.25) is 0 Å². The van der Waals surface area contributed by atoms with Crippen molar-refractivity contribution in [1.29, 1.82) is 0 Å². The Balaban J connectivity index is 2.29. The lowest BCUT2D eigenvalue weighted by atomic mass is 10.1. The zero-order valence-electron chi connectivity index (χ0n) is 7.91. The second-order valence-electron chi connectivity index (χ2n) is 3.18. The van der Waals surface area contributed by atoms with Crippen LogP contribution >= 0.6 is 11.8 Å². The lowest BCUT2D eigenvalue weighted by Gasteiger charge is -2.22. The molecule has 1 aromatic heterocycles. The number of carbonyl (C=O) groups excluding carboxylic acids is 1. The van der Waals surface area contributed by atoms with E-state index in [4.69, 9.17) is 0 Å². The Bertz CT molecular complexity index is 354. The van der Waals surface area contributed by atoms with Crippen LogP contribution in [0.3, 0.4) is 0 Å². The summed E-state index contributed by atoms with van der Waals surface area (Å²) in [4.78, 5) is 15.5. The molecule has 2 rings (SSSR count). The van der Waals surface area contributed by atoms with Gasteiger partial charge in [0.2, 0.25) is 5.91 Å². The number of nitrogens with one attached hydrogen (secondary N) is 1. The van der Waals surface area contributed by atoms with E-state index in [-0.39, 0.29) is 11.2 Å². The number of aryl methyl sites for hydroxylation is 1. The smallest absolute Gasteiger partial charge is 0.237 e. The summed E-state index contributed by atoms with van der Waals surface area (Å²) in [5.74, 6) is 1.07. The number of hydrogen-bond donors (Lipinski definition) is 1. The van der Waals surface area contributed by atoms with Gasteiger partial charge in [-0.1, -0.05) is 0 Å². The molecule has 2 heterocycles. The number of nitrogens with zero attached hydrogens (tertiary/aromatic N) is 1. The maximum Gasteiger partial charge on any atom is 0.237 e. The molecule has 0 aliphatic carbocycles. The van der Waals surface area contributed by atoms with Gasteiger partial charge in [0.15, 0.2) is 0 Å². The molecule has 1 aliphatic heterocycles. The molecule has 0 spiro atoms. The van der Waals surface area contributed by atoms with Crippen LogP contribution in [0, 0.1) is 13.1 Å². The third-order valence-electron chi connectivity index (χ3n) is 2.20. The summed E-state index contributed by atoms with van der Waals surface area (Å²) in [5.41, 5.74) is 1.99. The highest BCUT2D eigenvalue weighted by Gasteiger charge is 2.25. The molecular weight excluding hydrogens is 196 g/mol. The van der Waals surface area contributed by atoms with E-state index in [2.05, 4.69) is 16.5 Å². The summed E-state index contributed by atoms with van der Waals surface area (Å²) in [6.07, 6.45) is 4.56. The van der Waals surface area contributed by atoms with Gasteiger partial charge in [-0.05, 0) is 24.1 Å². The third-order valence-corrected chi connectivity index (χ3v) is 3.44. The van der Waals surface area contributed by atoms with E-state index in [1.165, 1.54) is 0 Å². The van der Waals surface area contributed by atoms with Crippen molar-refractivity contribution in [2.75, 3.05) is 12.3 Å². The predicted octanol–water partition coefficient (Wildman–Crippen LogP) is 1.09. The van der Waals surface area contributed by atoms with Gasteiger partial charge in [0.05, 0.1) is 6.20 Å². The van der Waals surface area contributed by atoms with Crippen molar-refractivity contribution in [3.05, 3.63) is 29.6 Å². The van der Waals surface area contributed by atoms with E-state index in [0.717, 1.165) is 23.4 Å². The van der Waals surface area contributed by atoms with Crippen molar-refractivity contribution in [2.24, 2.45) is 0 Å². The molecule has 0 aromatic carbocycles. The Morgan fingerprint density at radius 2 is 2.57 bits per heavy atom. The first-order valence-corrected chi connectivity index (χ1v) is 5.56. The molecule has 1 N–H and O–H groups in total. The van der Waals surface area contributed by atoms with Crippen molar-refractivity contribution in [3.8, 4) is 0 Å². The molecule has 1 amide bonds. The second-order valence-corrected chi connectivity index (χ2v) is 4.39. The number of hydrogen-bond acceptors (Lipinski definition) is 3. The summed E-state index contributed by atoms with van der Waals surface area (Å²) in [6.45, 7) is 2.71. The van der Waals surface area contributed by atoms with Crippen LogP contribution in [-0.2, 0) is 4.79 Å². The first-order valence-electron chi connectivity index (χ1n) is 4.51. The molecule has 1 fully saturated rings. The van der Waals surface area contributed by atoms with Crippen LogP contribution in [0.4, 0.5) is 0 Å². The summed E-state index contributed by atoms with van der Waals surface area (Å²) < 4.78 is 0. The van der Waals surface area contributed by atoms with Gasteiger partial charge < -0.3 is 5.32 Å². The minimum Gasteiger partial charge on any atom is -0.354 e. The van der Waals surface area contributed by atoms with Gasteiger partial charge in [-0.2, -0.15) is 0 Å². The minimum absolute atomic E-state index is 0.0806. The lowest BCUT2D eigenvalue weighted by Crippen LogP contribution is -2.34. The minimum atomic E-state index is -0.0806. The van der Waals surface area contributed by atoms with Crippen LogP contribution in [0.5, 0.6) is 0 Å². The van der Waals surface area contributed by atoms with Crippen molar-refractivity contribution in [3.63, 3.8) is 0 Å². The fraction of sp³-hybridized carbons (Fsp3) is 0.400. The van der Waals surface area contributed by atoms with Crippen LogP contribution in [0.25, 0.3) is 0 Å². The maximum atomic E-state index is 11.6. The van der Waals surface area contributed by atoms with Crippen LogP contribution in [0.15, 0.2) is 12.3 Å². The van der Waals surface area contributed by atoms with Crippen LogP contribution in [-0.4, -0.2) is 23.2 Å². The molecule has 1 saturated heterocycles. The maximum absolute atomic E-state index is 11.6. The Kier molecular flexibility index (Phi) is 2.72. The molecule has 1 unspecified atom stereocenters. The van der Waals surface area contributed by atoms with Crippen molar-refractivity contribution >= 4 is 17.7 Å². The molecule has 3 nitrogen and oxygen atoms in total. The lowest BCUT2D eigenvalue weighted by molar-refractivity contribution is -0.120. The molecular formula is C10H11N2OS. The van der Waals surface area contributed by atoms with Gasteiger partial charge in [-0.25, -0.2) is 0 Å². The zero-order chi connectivity index (χ0) is 9.97. The van der Waals surface area contributed by atoms with E-state index in [9.17, 15) is 4.79 Å². The SMILES string of the molecule is Cc1[c]nccc1C1SCCNC1=O. The summed E-state index contributed by atoms with van der Waals surface area (Å²) in [6, 6.07) is 1.90. The molecule has 73 valence electrons.